The van der Waals surface area contributed by atoms with Crippen molar-refractivity contribution in [3.05, 3.63) is 58.2 Å². The maximum absolute atomic E-state index is 13.1. The summed E-state index contributed by atoms with van der Waals surface area (Å²) in [6.07, 6.45) is 3.37. The van der Waals surface area contributed by atoms with Gasteiger partial charge in [-0.2, -0.15) is 0 Å². The first-order valence-corrected chi connectivity index (χ1v) is 10.4. The molecule has 1 fully saturated rings. The van der Waals surface area contributed by atoms with E-state index in [4.69, 9.17) is 27.9 Å². The van der Waals surface area contributed by atoms with Gasteiger partial charge in [-0.15, -0.1) is 0 Å². The minimum atomic E-state index is -0.352. The molecular formula is C22H22Cl2N2O2. The number of rotatable bonds is 4. The predicted octanol–water partition coefficient (Wildman–Crippen LogP) is 6.10. The molecule has 146 valence electrons. The number of carbonyl (C=O) groups excluding carboxylic acids is 1. The Bertz CT molecular complexity index is 1010. The Labute approximate surface area is 174 Å². The lowest BCUT2D eigenvalue weighted by Gasteiger charge is -2.29. The van der Waals surface area contributed by atoms with E-state index in [2.05, 4.69) is 4.90 Å². The van der Waals surface area contributed by atoms with Crippen LogP contribution in [0, 0.1) is 0 Å². The number of halogens is 2. The van der Waals surface area contributed by atoms with Crippen molar-refractivity contribution < 1.29 is 9.53 Å². The summed E-state index contributed by atoms with van der Waals surface area (Å²) in [7, 11) is 0. The first kappa shape index (κ1) is 19.2. The summed E-state index contributed by atoms with van der Waals surface area (Å²) in [5.74, 6) is -0.352. The van der Waals surface area contributed by atoms with Gasteiger partial charge in [-0.1, -0.05) is 41.4 Å². The van der Waals surface area contributed by atoms with Crippen molar-refractivity contribution in [2.75, 3.05) is 24.6 Å². The second-order valence-electron chi connectivity index (χ2n) is 6.92. The first-order valence-electron chi connectivity index (χ1n) is 9.62. The van der Waals surface area contributed by atoms with Gasteiger partial charge >= 0.3 is 5.97 Å². The molecule has 0 N–H and O–H groups in total. The average molecular weight is 417 g/mol. The SMILES string of the molecule is CCOC(=O)c1c(N2CCCCC2)c2c(Cl)cc(Cl)cc2n1-c1ccccc1. The molecule has 0 atom stereocenters. The molecule has 1 aliphatic rings. The van der Waals surface area contributed by atoms with E-state index in [0.717, 1.165) is 48.2 Å². The Morgan fingerprint density at radius 2 is 1.79 bits per heavy atom. The summed E-state index contributed by atoms with van der Waals surface area (Å²) < 4.78 is 7.38. The number of aromatic nitrogens is 1. The Kier molecular flexibility index (Phi) is 5.51. The van der Waals surface area contributed by atoms with Crippen LogP contribution in [0.3, 0.4) is 0 Å². The number of carbonyl (C=O) groups is 1. The van der Waals surface area contributed by atoms with Gasteiger partial charge in [0.1, 0.15) is 0 Å². The highest BCUT2D eigenvalue weighted by molar-refractivity contribution is 6.40. The summed E-state index contributed by atoms with van der Waals surface area (Å²) in [5, 5.41) is 1.93. The third-order valence-corrected chi connectivity index (χ3v) is 5.63. The van der Waals surface area contributed by atoms with Crippen molar-refractivity contribution in [3.8, 4) is 5.69 Å². The number of esters is 1. The number of ether oxygens (including phenoxy) is 1. The van der Waals surface area contributed by atoms with Gasteiger partial charge in [-0.25, -0.2) is 4.79 Å². The highest BCUT2D eigenvalue weighted by Gasteiger charge is 2.30. The van der Waals surface area contributed by atoms with Crippen LogP contribution in [0.2, 0.25) is 10.0 Å². The van der Waals surface area contributed by atoms with Gasteiger partial charge in [-0.3, -0.25) is 0 Å². The molecule has 4 nitrogen and oxygen atoms in total. The Balaban J connectivity index is 2.10. The Morgan fingerprint density at radius 1 is 1.07 bits per heavy atom. The number of hydrogen-bond donors (Lipinski definition) is 0. The van der Waals surface area contributed by atoms with Crippen molar-refractivity contribution in [2.45, 2.75) is 26.2 Å². The molecule has 4 rings (SSSR count). The molecule has 0 radical (unpaired) electrons. The van der Waals surface area contributed by atoms with Gasteiger partial charge in [0.25, 0.3) is 0 Å². The van der Waals surface area contributed by atoms with Crippen LogP contribution in [0.1, 0.15) is 36.7 Å². The minimum Gasteiger partial charge on any atom is -0.461 e. The maximum Gasteiger partial charge on any atom is 0.357 e. The monoisotopic (exact) mass is 416 g/mol. The third kappa shape index (κ3) is 3.36. The fourth-order valence-electron chi connectivity index (χ4n) is 3.97. The summed E-state index contributed by atoms with van der Waals surface area (Å²) in [5.41, 5.74) is 3.04. The van der Waals surface area contributed by atoms with Crippen LogP contribution in [0.15, 0.2) is 42.5 Å². The number of nitrogens with zero attached hydrogens (tertiary/aromatic N) is 2. The lowest BCUT2D eigenvalue weighted by Crippen LogP contribution is -2.31. The zero-order valence-electron chi connectivity index (χ0n) is 15.8. The van der Waals surface area contributed by atoms with Crippen molar-refractivity contribution in [1.82, 2.24) is 4.57 Å². The van der Waals surface area contributed by atoms with Crippen LogP contribution in [0.4, 0.5) is 5.69 Å². The Hall–Kier alpha value is -2.17. The number of para-hydroxylation sites is 1. The number of hydrogen-bond acceptors (Lipinski definition) is 3. The zero-order valence-corrected chi connectivity index (χ0v) is 17.3. The summed E-state index contributed by atoms with van der Waals surface area (Å²) in [6, 6.07) is 13.4. The van der Waals surface area contributed by atoms with E-state index in [1.807, 2.05) is 47.9 Å². The van der Waals surface area contributed by atoms with E-state index >= 15 is 0 Å². The molecule has 28 heavy (non-hydrogen) atoms. The van der Waals surface area contributed by atoms with E-state index < -0.39 is 0 Å². The molecule has 2 aromatic carbocycles. The minimum absolute atomic E-state index is 0.309. The summed E-state index contributed by atoms with van der Waals surface area (Å²) in [4.78, 5) is 15.4. The highest BCUT2D eigenvalue weighted by Crippen LogP contribution is 2.43. The predicted molar refractivity (Wildman–Crippen MR) is 115 cm³/mol. The van der Waals surface area contributed by atoms with E-state index in [-0.39, 0.29) is 5.97 Å². The van der Waals surface area contributed by atoms with Gasteiger partial charge < -0.3 is 14.2 Å². The second-order valence-corrected chi connectivity index (χ2v) is 7.76. The molecule has 1 saturated heterocycles. The van der Waals surface area contributed by atoms with Crippen LogP contribution >= 0.6 is 23.2 Å². The van der Waals surface area contributed by atoms with E-state index in [0.29, 0.717) is 22.3 Å². The number of benzene rings is 2. The smallest absolute Gasteiger partial charge is 0.357 e. The lowest BCUT2D eigenvalue weighted by molar-refractivity contribution is 0.0518. The standard InChI is InChI=1S/C22H22Cl2N2O2/c1-2-28-22(27)21-20(25-11-7-4-8-12-25)19-17(24)13-15(23)14-18(19)26(21)16-9-5-3-6-10-16/h3,5-6,9-10,13-14H,2,4,7-8,11-12H2,1H3. The van der Waals surface area contributed by atoms with E-state index in [9.17, 15) is 4.79 Å². The molecule has 0 aliphatic carbocycles. The number of fused-ring (bicyclic) bond motifs is 1. The normalized spacial score (nSPS) is 14.5. The van der Waals surface area contributed by atoms with Gasteiger partial charge in [0.2, 0.25) is 0 Å². The number of anilines is 1. The van der Waals surface area contributed by atoms with Crippen molar-refractivity contribution in [3.63, 3.8) is 0 Å². The van der Waals surface area contributed by atoms with Crippen LogP contribution < -0.4 is 4.90 Å². The van der Waals surface area contributed by atoms with Crippen LogP contribution in [0.5, 0.6) is 0 Å². The molecule has 3 aromatic rings. The van der Waals surface area contributed by atoms with Crippen molar-refractivity contribution in [1.29, 1.82) is 0 Å². The molecule has 0 bridgehead atoms. The summed E-state index contributed by atoms with van der Waals surface area (Å²) in [6.45, 7) is 3.90. The van der Waals surface area contributed by atoms with E-state index in [1.54, 1.807) is 6.07 Å². The average Bonchev–Trinajstić information content (AvgIpc) is 3.05. The molecule has 0 amide bonds. The molecule has 0 unspecified atom stereocenters. The molecule has 0 spiro atoms. The zero-order chi connectivity index (χ0) is 19.7. The summed E-state index contributed by atoms with van der Waals surface area (Å²) >= 11 is 13.0. The Morgan fingerprint density at radius 3 is 2.46 bits per heavy atom. The van der Waals surface area contributed by atoms with Gasteiger partial charge in [-0.05, 0) is 50.5 Å². The topological polar surface area (TPSA) is 34.5 Å². The third-order valence-electron chi connectivity index (χ3n) is 5.12. The van der Waals surface area contributed by atoms with E-state index in [1.165, 1.54) is 6.42 Å². The lowest BCUT2D eigenvalue weighted by atomic mass is 10.1. The van der Waals surface area contributed by atoms with Gasteiger partial charge in [0, 0.05) is 29.2 Å². The maximum atomic E-state index is 13.1. The largest absolute Gasteiger partial charge is 0.461 e. The molecule has 1 aliphatic heterocycles. The first-order chi connectivity index (χ1) is 13.6. The number of piperidine rings is 1. The van der Waals surface area contributed by atoms with Crippen molar-refractivity contribution in [2.24, 2.45) is 0 Å². The molecule has 1 aromatic heterocycles. The quantitative estimate of drug-likeness (QED) is 0.481. The molecular weight excluding hydrogens is 395 g/mol. The molecule has 0 saturated carbocycles. The second kappa shape index (κ2) is 8.06. The van der Waals surface area contributed by atoms with Crippen LogP contribution in [-0.2, 0) is 4.74 Å². The van der Waals surface area contributed by atoms with Crippen molar-refractivity contribution >= 4 is 45.8 Å². The van der Waals surface area contributed by atoms with Gasteiger partial charge in [0.05, 0.1) is 22.8 Å². The fourth-order valence-corrected chi connectivity index (χ4v) is 4.55. The van der Waals surface area contributed by atoms with Crippen LogP contribution in [0.25, 0.3) is 16.6 Å². The molecule has 2 heterocycles. The molecule has 6 heteroatoms. The fraction of sp³-hybridized carbons (Fsp3) is 0.318. The highest BCUT2D eigenvalue weighted by atomic mass is 35.5. The van der Waals surface area contributed by atoms with Crippen LogP contribution in [-0.4, -0.2) is 30.2 Å². The van der Waals surface area contributed by atoms with Gasteiger partial charge in [0.15, 0.2) is 5.69 Å².